The molecule has 126 valence electrons. The number of carbonyl (C=O) groups is 1. The second-order valence-corrected chi connectivity index (χ2v) is 5.99. The van der Waals surface area contributed by atoms with Crippen molar-refractivity contribution < 1.29 is 18.7 Å². The highest BCUT2D eigenvalue weighted by Gasteiger charge is 2.33. The van der Waals surface area contributed by atoms with Gasteiger partial charge in [0, 0.05) is 13.0 Å². The third-order valence-electron chi connectivity index (χ3n) is 4.40. The van der Waals surface area contributed by atoms with E-state index in [1.54, 1.807) is 18.2 Å². The number of hydrogen-bond donors (Lipinski definition) is 1. The first-order valence-corrected chi connectivity index (χ1v) is 8.26. The highest BCUT2D eigenvalue weighted by molar-refractivity contribution is 5.90. The number of ether oxygens (including phenoxy) is 2. The fourth-order valence-electron chi connectivity index (χ4n) is 3.22. The SMILES string of the molecule is O=C(CCN1CCCCC1C1OCCO1)Nc1ccccc1F. The normalized spacial score (nSPS) is 23.1. The van der Waals surface area contributed by atoms with Crippen molar-refractivity contribution in [1.29, 1.82) is 0 Å². The number of anilines is 1. The summed E-state index contributed by atoms with van der Waals surface area (Å²) < 4.78 is 24.8. The number of rotatable bonds is 5. The van der Waals surface area contributed by atoms with Gasteiger partial charge in [-0.2, -0.15) is 0 Å². The van der Waals surface area contributed by atoms with E-state index in [0.29, 0.717) is 26.2 Å². The minimum absolute atomic E-state index is 0.173. The first kappa shape index (κ1) is 16.4. The highest BCUT2D eigenvalue weighted by atomic mass is 19.1. The van der Waals surface area contributed by atoms with Crippen LogP contribution >= 0.6 is 0 Å². The van der Waals surface area contributed by atoms with E-state index in [9.17, 15) is 9.18 Å². The Morgan fingerprint density at radius 3 is 2.83 bits per heavy atom. The van der Waals surface area contributed by atoms with Crippen LogP contribution in [0.3, 0.4) is 0 Å². The number of nitrogens with one attached hydrogen (secondary N) is 1. The zero-order valence-electron chi connectivity index (χ0n) is 13.2. The van der Waals surface area contributed by atoms with Gasteiger partial charge < -0.3 is 14.8 Å². The lowest BCUT2D eigenvalue weighted by atomic mass is 10.0. The van der Waals surface area contributed by atoms with Crippen LogP contribution in [0.25, 0.3) is 0 Å². The molecule has 3 rings (SSSR count). The molecule has 1 aromatic carbocycles. The summed E-state index contributed by atoms with van der Waals surface area (Å²) in [4.78, 5) is 14.3. The van der Waals surface area contributed by atoms with Crippen LogP contribution in [-0.4, -0.2) is 49.4 Å². The average molecular weight is 322 g/mol. The van der Waals surface area contributed by atoms with Crippen LogP contribution in [0, 0.1) is 5.82 Å². The van der Waals surface area contributed by atoms with E-state index in [1.165, 1.54) is 6.07 Å². The number of piperidine rings is 1. The lowest BCUT2D eigenvalue weighted by molar-refractivity contribution is -0.120. The molecule has 2 aliphatic rings. The van der Waals surface area contributed by atoms with E-state index in [0.717, 1.165) is 25.8 Å². The Kier molecular flexibility index (Phi) is 5.59. The van der Waals surface area contributed by atoms with Crippen LogP contribution in [0.5, 0.6) is 0 Å². The number of likely N-dealkylation sites (tertiary alicyclic amines) is 1. The van der Waals surface area contributed by atoms with Crippen LogP contribution in [-0.2, 0) is 14.3 Å². The summed E-state index contributed by atoms with van der Waals surface area (Å²) in [5.74, 6) is -0.586. The standard InChI is InChI=1S/C17H23FN2O3/c18-13-5-1-2-6-14(13)19-16(21)8-10-20-9-4-3-7-15(20)17-22-11-12-23-17/h1-2,5-6,15,17H,3-4,7-12H2,(H,19,21). The number of amides is 1. The minimum Gasteiger partial charge on any atom is -0.349 e. The van der Waals surface area contributed by atoms with Crippen molar-refractivity contribution in [1.82, 2.24) is 4.90 Å². The third-order valence-corrected chi connectivity index (χ3v) is 4.40. The summed E-state index contributed by atoms with van der Waals surface area (Å²) in [7, 11) is 0. The predicted octanol–water partition coefficient (Wildman–Crippen LogP) is 2.38. The molecule has 0 aromatic heterocycles. The molecule has 23 heavy (non-hydrogen) atoms. The van der Waals surface area contributed by atoms with E-state index >= 15 is 0 Å². The molecule has 1 aromatic rings. The van der Waals surface area contributed by atoms with Crippen molar-refractivity contribution in [3.8, 4) is 0 Å². The minimum atomic E-state index is -0.413. The molecule has 6 heteroatoms. The Hall–Kier alpha value is -1.50. The van der Waals surface area contributed by atoms with Crippen molar-refractivity contribution in [3.63, 3.8) is 0 Å². The van der Waals surface area contributed by atoms with E-state index < -0.39 is 5.82 Å². The summed E-state index contributed by atoms with van der Waals surface area (Å²) >= 11 is 0. The molecule has 0 saturated carbocycles. The molecule has 0 radical (unpaired) electrons. The number of para-hydroxylation sites is 1. The maximum Gasteiger partial charge on any atom is 0.225 e. The van der Waals surface area contributed by atoms with Crippen molar-refractivity contribution >= 4 is 11.6 Å². The molecule has 1 unspecified atom stereocenters. The zero-order chi connectivity index (χ0) is 16.1. The van der Waals surface area contributed by atoms with E-state index in [1.807, 2.05) is 0 Å². The fourth-order valence-corrected chi connectivity index (χ4v) is 3.22. The Labute approximate surface area is 135 Å². The van der Waals surface area contributed by atoms with Crippen LogP contribution < -0.4 is 5.32 Å². The number of carbonyl (C=O) groups excluding carboxylic acids is 1. The summed E-state index contributed by atoms with van der Waals surface area (Å²) in [6.45, 7) is 2.86. The van der Waals surface area contributed by atoms with Crippen molar-refractivity contribution in [2.75, 3.05) is 31.6 Å². The van der Waals surface area contributed by atoms with Gasteiger partial charge in [0.05, 0.1) is 24.9 Å². The molecule has 1 atom stereocenters. The molecule has 5 nitrogen and oxygen atoms in total. The molecular weight excluding hydrogens is 299 g/mol. The second-order valence-electron chi connectivity index (χ2n) is 5.99. The zero-order valence-corrected chi connectivity index (χ0v) is 13.2. The first-order valence-electron chi connectivity index (χ1n) is 8.26. The lowest BCUT2D eigenvalue weighted by Crippen LogP contribution is -2.48. The quantitative estimate of drug-likeness (QED) is 0.904. The molecule has 1 amide bonds. The van der Waals surface area contributed by atoms with Gasteiger partial charge in [0.1, 0.15) is 5.82 Å². The van der Waals surface area contributed by atoms with Crippen molar-refractivity contribution in [2.45, 2.75) is 38.0 Å². The monoisotopic (exact) mass is 322 g/mol. The summed E-state index contributed by atoms with van der Waals surface area (Å²) in [6, 6.07) is 6.42. The van der Waals surface area contributed by atoms with Gasteiger partial charge in [-0.05, 0) is 31.5 Å². The molecule has 2 fully saturated rings. The van der Waals surface area contributed by atoms with E-state index in [-0.39, 0.29) is 23.9 Å². The maximum absolute atomic E-state index is 13.6. The Morgan fingerprint density at radius 2 is 2.04 bits per heavy atom. The molecular formula is C17H23FN2O3. The summed E-state index contributed by atoms with van der Waals surface area (Å²) in [5.41, 5.74) is 0.232. The summed E-state index contributed by atoms with van der Waals surface area (Å²) in [6.07, 6.45) is 3.46. The van der Waals surface area contributed by atoms with Gasteiger partial charge in [-0.15, -0.1) is 0 Å². The van der Waals surface area contributed by atoms with Crippen LogP contribution in [0.2, 0.25) is 0 Å². The topological polar surface area (TPSA) is 50.8 Å². The molecule has 0 aliphatic carbocycles. The van der Waals surface area contributed by atoms with Crippen LogP contribution in [0.4, 0.5) is 10.1 Å². The van der Waals surface area contributed by atoms with E-state index in [2.05, 4.69) is 10.2 Å². The Morgan fingerprint density at radius 1 is 1.26 bits per heavy atom. The van der Waals surface area contributed by atoms with E-state index in [4.69, 9.17) is 9.47 Å². The van der Waals surface area contributed by atoms with Gasteiger partial charge in [0.25, 0.3) is 0 Å². The van der Waals surface area contributed by atoms with Crippen LogP contribution in [0.15, 0.2) is 24.3 Å². The van der Waals surface area contributed by atoms with Crippen molar-refractivity contribution in [2.24, 2.45) is 0 Å². The maximum atomic E-state index is 13.6. The number of hydrogen-bond acceptors (Lipinski definition) is 4. The Bertz CT molecular complexity index is 534. The van der Waals surface area contributed by atoms with Gasteiger partial charge in [-0.1, -0.05) is 18.6 Å². The average Bonchev–Trinajstić information content (AvgIpc) is 3.10. The number of benzene rings is 1. The molecule has 1 N–H and O–H groups in total. The van der Waals surface area contributed by atoms with Gasteiger partial charge in [0.2, 0.25) is 5.91 Å². The van der Waals surface area contributed by atoms with Crippen molar-refractivity contribution in [3.05, 3.63) is 30.1 Å². The molecule has 2 aliphatic heterocycles. The second kappa shape index (κ2) is 7.86. The smallest absolute Gasteiger partial charge is 0.225 e. The first-order chi connectivity index (χ1) is 11.2. The fraction of sp³-hybridized carbons (Fsp3) is 0.588. The van der Waals surface area contributed by atoms with Gasteiger partial charge in [-0.25, -0.2) is 4.39 Å². The van der Waals surface area contributed by atoms with Crippen LogP contribution in [0.1, 0.15) is 25.7 Å². The molecule has 0 spiro atoms. The molecule has 0 bridgehead atoms. The highest BCUT2D eigenvalue weighted by Crippen LogP contribution is 2.24. The predicted molar refractivity (Wildman–Crippen MR) is 84.6 cm³/mol. The summed E-state index contributed by atoms with van der Waals surface area (Å²) in [5, 5.41) is 2.63. The lowest BCUT2D eigenvalue weighted by Gasteiger charge is -2.37. The van der Waals surface area contributed by atoms with Gasteiger partial charge >= 0.3 is 0 Å². The molecule has 2 saturated heterocycles. The number of halogens is 1. The Balaban J connectivity index is 1.51. The third kappa shape index (κ3) is 4.28. The van der Waals surface area contributed by atoms with Gasteiger partial charge in [-0.3, -0.25) is 9.69 Å². The number of nitrogens with zero attached hydrogens (tertiary/aromatic N) is 1. The molecule has 2 heterocycles. The van der Waals surface area contributed by atoms with Gasteiger partial charge in [0.15, 0.2) is 6.29 Å². The largest absolute Gasteiger partial charge is 0.349 e.